The number of hydrogen-bond donors (Lipinski definition) is 1. The van der Waals surface area contributed by atoms with Crippen molar-refractivity contribution in [2.75, 3.05) is 11.5 Å². The molecule has 184 valence electrons. The Balaban J connectivity index is 1.65. The van der Waals surface area contributed by atoms with Crippen LogP contribution in [-0.4, -0.2) is 24.5 Å². The monoisotopic (exact) mass is 588 g/mol. The Morgan fingerprint density at radius 3 is 2.33 bits per heavy atom. The zero-order valence-electron chi connectivity index (χ0n) is 18.9. The molecule has 1 heterocycles. The number of urea groups is 1. The second kappa shape index (κ2) is 11.2. The van der Waals surface area contributed by atoms with Gasteiger partial charge in [0.25, 0.3) is 11.8 Å². The number of anilines is 1. The van der Waals surface area contributed by atoms with Gasteiger partial charge in [0.15, 0.2) is 11.5 Å². The van der Waals surface area contributed by atoms with Gasteiger partial charge in [-0.05, 0) is 72.7 Å². The van der Waals surface area contributed by atoms with E-state index in [-0.39, 0.29) is 17.2 Å². The fourth-order valence-electron chi connectivity index (χ4n) is 3.46. The van der Waals surface area contributed by atoms with Gasteiger partial charge in [0, 0.05) is 9.50 Å². The van der Waals surface area contributed by atoms with E-state index in [4.69, 9.17) is 32.7 Å². The molecular weight excluding hydrogens is 571 g/mol. The van der Waals surface area contributed by atoms with E-state index in [2.05, 4.69) is 21.2 Å². The predicted molar refractivity (Wildman–Crippen MR) is 142 cm³/mol. The van der Waals surface area contributed by atoms with Crippen molar-refractivity contribution < 1.29 is 23.9 Å². The first kappa shape index (κ1) is 25.8. The molecule has 0 aliphatic carbocycles. The fourth-order valence-corrected chi connectivity index (χ4v) is 4.12. The van der Waals surface area contributed by atoms with E-state index in [0.717, 1.165) is 14.9 Å². The maximum Gasteiger partial charge on any atom is 0.335 e. The molecule has 1 N–H and O–H groups in total. The van der Waals surface area contributed by atoms with Crippen LogP contribution in [0.2, 0.25) is 10.0 Å². The summed E-state index contributed by atoms with van der Waals surface area (Å²) in [4.78, 5) is 39.0. The van der Waals surface area contributed by atoms with Gasteiger partial charge in [-0.2, -0.15) is 0 Å². The molecule has 0 radical (unpaired) electrons. The minimum absolute atomic E-state index is 0.225. The highest BCUT2D eigenvalue weighted by Crippen LogP contribution is 2.38. The third-order valence-corrected chi connectivity index (χ3v) is 6.19. The maximum atomic E-state index is 13.1. The molecule has 0 unspecified atom stereocenters. The molecule has 3 aromatic carbocycles. The summed E-state index contributed by atoms with van der Waals surface area (Å²) in [7, 11) is 0. The summed E-state index contributed by atoms with van der Waals surface area (Å²) in [5.41, 5.74) is 1.39. The van der Waals surface area contributed by atoms with Crippen molar-refractivity contribution >= 4 is 68.7 Å². The molecule has 0 aromatic heterocycles. The molecule has 1 aliphatic heterocycles. The molecule has 4 amide bonds. The van der Waals surface area contributed by atoms with Gasteiger partial charge >= 0.3 is 6.03 Å². The Morgan fingerprint density at radius 2 is 1.67 bits per heavy atom. The van der Waals surface area contributed by atoms with Gasteiger partial charge in [-0.1, -0.05) is 51.3 Å². The standard InChI is InChI=1S/C26H19BrCl2N2O5/c1-2-35-22-13-16(12-21(29)23(22)36-14-15-3-7-18(28)8-4-15)11-20-24(32)30-26(34)31(25(20)33)19-9-5-17(27)6-10-19/h3-13H,2,14H2,1H3,(H,30,32,34). The number of amides is 4. The van der Waals surface area contributed by atoms with Crippen molar-refractivity contribution in [2.45, 2.75) is 13.5 Å². The number of carbonyl (C=O) groups excluding carboxylic acids is 3. The van der Waals surface area contributed by atoms with Crippen LogP contribution < -0.4 is 19.7 Å². The highest BCUT2D eigenvalue weighted by atomic mass is 79.9. The van der Waals surface area contributed by atoms with E-state index in [9.17, 15) is 14.4 Å². The Morgan fingerprint density at radius 1 is 0.972 bits per heavy atom. The summed E-state index contributed by atoms with van der Waals surface area (Å²) >= 11 is 15.8. The van der Waals surface area contributed by atoms with Crippen molar-refractivity contribution in [1.82, 2.24) is 5.32 Å². The summed E-state index contributed by atoms with van der Waals surface area (Å²) in [6.45, 7) is 2.36. The van der Waals surface area contributed by atoms with E-state index >= 15 is 0 Å². The number of hydrogen-bond acceptors (Lipinski definition) is 5. The van der Waals surface area contributed by atoms with E-state index in [1.807, 2.05) is 19.1 Å². The number of barbiturate groups is 1. The van der Waals surface area contributed by atoms with Gasteiger partial charge in [-0.15, -0.1) is 0 Å². The Bertz CT molecular complexity index is 1360. The number of imide groups is 2. The Labute approximate surface area is 225 Å². The van der Waals surface area contributed by atoms with Gasteiger partial charge in [-0.3, -0.25) is 14.9 Å². The van der Waals surface area contributed by atoms with Crippen molar-refractivity contribution in [3.05, 3.63) is 91.9 Å². The first-order valence-electron chi connectivity index (χ1n) is 10.8. The molecule has 0 spiro atoms. The maximum absolute atomic E-state index is 13.1. The number of nitrogens with zero attached hydrogens (tertiary/aromatic N) is 1. The first-order valence-corrected chi connectivity index (χ1v) is 12.3. The van der Waals surface area contributed by atoms with Crippen LogP contribution >= 0.6 is 39.1 Å². The van der Waals surface area contributed by atoms with Crippen molar-refractivity contribution in [3.63, 3.8) is 0 Å². The molecule has 36 heavy (non-hydrogen) atoms. The van der Waals surface area contributed by atoms with E-state index in [0.29, 0.717) is 34.4 Å². The van der Waals surface area contributed by atoms with Gasteiger partial charge in [0.05, 0.1) is 17.3 Å². The quantitative estimate of drug-likeness (QED) is 0.255. The summed E-state index contributed by atoms with van der Waals surface area (Å²) in [5.74, 6) is -0.907. The molecule has 0 atom stereocenters. The lowest BCUT2D eigenvalue weighted by Gasteiger charge is -2.26. The summed E-state index contributed by atoms with van der Waals surface area (Å²) in [6.07, 6.45) is 1.35. The molecule has 1 saturated heterocycles. The van der Waals surface area contributed by atoms with Crippen molar-refractivity contribution in [2.24, 2.45) is 0 Å². The topological polar surface area (TPSA) is 84.9 Å². The highest BCUT2D eigenvalue weighted by Gasteiger charge is 2.36. The fraction of sp³-hybridized carbons (Fsp3) is 0.115. The highest BCUT2D eigenvalue weighted by molar-refractivity contribution is 9.10. The minimum atomic E-state index is -0.830. The third-order valence-electron chi connectivity index (χ3n) is 5.13. The average molecular weight is 590 g/mol. The Kier molecular flexibility index (Phi) is 7.98. The van der Waals surface area contributed by atoms with Crippen LogP contribution in [0, 0.1) is 0 Å². The Hall–Kier alpha value is -3.33. The molecule has 1 aliphatic rings. The van der Waals surface area contributed by atoms with Crippen LogP contribution in [-0.2, 0) is 16.2 Å². The van der Waals surface area contributed by atoms with Gasteiger partial charge in [0.1, 0.15) is 12.2 Å². The smallest absolute Gasteiger partial charge is 0.335 e. The van der Waals surface area contributed by atoms with Crippen LogP contribution in [0.1, 0.15) is 18.1 Å². The van der Waals surface area contributed by atoms with Crippen molar-refractivity contribution in [1.29, 1.82) is 0 Å². The molecule has 1 fully saturated rings. The molecule has 0 saturated carbocycles. The first-order chi connectivity index (χ1) is 17.3. The average Bonchev–Trinajstić information content (AvgIpc) is 2.83. The molecule has 0 bridgehead atoms. The minimum Gasteiger partial charge on any atom is -0.490 e. The van der Waals surface area contributed by atoms with Crippen LogP contribution in [0.5, 0.6) is 11.5 Å². The molecule has 4 rings (SSSR count). The number of ether oxygens (including phenoxy) is 2. The predicted octanol–water partition coefficient (Wildman–Crippen LogP) is 6.40. The van der Waals surface area contributed by atoms with Gasteiger partial charge < -0.3 is 9.47 Å². The largest absolute Gasteiger partial charge is 0.490 e. The lowest BCUT2D eigenvalue weighted by Crippen LogP contribution is -2.54. The number of benzene rings is 3. The molecule has 7 nitrogen and oxygen atoms in total. The van der Waals surface area contributed by atoms with Crippen LogP contribution in [0.3, 0.4) is 0 Å². The number of nitrogens with one attached hydrogen (secondary N) is 1. The van der Waals surface area contributed by atoms with E-state index in [1.54, 1.807) is 48.5 Å². The molecular formula is C26H19BrCl2N2O5. The van der Waals surface area contributed by atoms with Crippen LogP contribution in [0.15, 0.2) is 70.7 Å². The van der Waals surface area contributed by atoms with Gasteiger partial charge in [0.2, 0.25) is 0 Å². The second-order valence-corrected chi connectivity index (χ2v) is 9.37. The summed E-state index contributed by atoms with van der Waals surface area (Å²) < 4.78 is 12.4. The van der Waals surface area contributed by atoms with E-state index in [1.165, 1.54) is 6.08 Å². The zero-order valence-corrected chi connectivity index (χ0v) is 22.0. The third kappa shape index (κ3) is 5.73. The molecule has 3 aromatic rings. The number of halogens is 3. The van der Waals surface area contributed by atoms with Crippen LogP contribution in [0.4, 0.5) is 10.5 Å². The lowest BCUT2D eigenvalue weighted by atomic mass is 10.1. The lowest BCUT2D eigenvalue weighted by molar-refractivity contribution is -0.122. The summed E-state index contributed by atoms with van der Waals surface area (Å²) in [5, 5.41) is 3.04. The summed E-state index contributed by atoms with van der Waals surface area (Å²) in [6, 6.07) is 16.1. The zero-order chi connectivity index (χ0) is 25.8. The van der Waals surface area contributed by atoms with Crippen molar-refractivity contribution in [3.8, 4) is 11.5 Å². The van der Waals surface area contributed by atoms with E-state index < -0.39 is 17.8 Å². The molecule has 10 heteroatoms. The number of rotatable bonds is 7. The van der Waals surface area contributed by atoms with Crippen LogP contribution in [0.25, 0.3) is 6.08 Å². The normalized spacial score (nSPS) is 14.7. The SMILES string of the molecule is CCOc1cc(C=C2C(=O)NC(=O)N(c3ccc(Br)cc3)C2=O)cc(Cl)c1OCc1ccc(Cl)cc1. The second-order valence-electron chi connectivity index (χ2n) is 7.61. The number of carbonyl (C=O) groups is 3. The van der Waals surface area contributed by atoms with Gasteiger partial charge in [-0.25, -0.2) is 9.69 Å².